The van der Waals surface area contributed by atoms with Gasteiger partial charge >= 0.3 is 0 Å². The Hall–Kier alpha value is -3.77. The van der Waals surface area contributed by atoms with Crippen molar-refractivity contribution in [3.63, 3.8) is 0 Å². The van der Waals surface area contributed by atoms with E-state index in [0.29, 0.717) is 33.3 Å². The fraction of sp³-hybridized carbons (Fsp3) is 0.120. The van der Waals surface area contributed by atoms with Gasteiger partial charge in [0.25, 0.3) is 11.8 Å². The molecule has 0 atom stereocenters. The summed E-state index contributed by atoms with van der Waals surface area (Å²) in [6, 6.07) is 17.5. The van der Waals surface area contributed by atoms with Crippen molar-refractivity contribution in [2.75, 3.05) is 12.1 Å². The van der Waals surface area contributed by atoms with Gasteiger partial charge < -0.3 is 20.1 Å². The van der Waals surface area contributed by atoms with Gasteiger partial charge in [0.15, 0.2) is 11.5 Å². The van der Waals surface area contributed by atoms with Gasteiger partial charge in [-0.3, -0.25) is 9.59 Å². The summed E-state index contributed by atoms with van der Waals surface area (Å²) in [5, 5.41) is 5.87. The fourth-order valence-corrected chi connectivity index (χ4v) is 3.34. The first-order valence-corrected chi connectivity index (χ1v) is 10.3. The molecule has 0 aliphatic carbocycles. The van der Waals surface area contributed by atoms with Gasteiger partial charge in [0, 0.05) is 5.56 Å². The van der Waals surface area contributed by atoms with E-state index in [2.05, 4.69) is 10.6 Å². The van der Waals surface area contributed by atoms with Crippen molar-refractivity contribution >= 4 is 35.2 Å². The molecule has 3 aromatic carbocycles. The van der Waals surface area contributed by atoms with E-state index in [1.54, 1.807) is 60.7 Å². The monoisotopic (exact) mass is 448 g/mol. The number of anilines is 1. The molecule has 1 heterocycles. The Labute approximate surface area is 190 Å². The molecule has 4 rings (SSSR count). The highest BCUT2D eigenvalue weighted by molar-refractivity contribution is 6.34. The van der Waals surface area contributed by atoms with Crippen LogP contribution in [0.15, 0.2) is 66.4 Å². The molecule has 6 nitrogen and oxygen atoms in total. The predicted molar refractivity (Wildman–Crippen MR) is 124 cm³/mol. The summed E-state index contributed by atoms with van der Waals surface area (Å²) in [7, 11) is 0. The molecule has 2 amide bonds. The molecule has 0 saturated carbocycles. The highest BCUT2D eigenvalue weighted by atomic mass is 35.5. The maximum absolute atomic E-state index is 13.1. The molecule has 0 radical (unpaired) electrons. The van der Waals surface area contributed by atoms with Gasteiger partial charge in [0.05, 0.1) is 10.7 Å². The number of rotatable bonds is 5. The summed E-state index contributed by atoms with van der Waals surface area (Å²) < 4.78 is 10.7. The van der Waals surface area contributed by atoms with Gasteiger partial charge in [-0.05, 0) is 73.0 Å². The van der Waals surface area contributed by atoms with Crippen LogP contribution in [0.1, 0.15) is 27.0 Å². The van der Waals surface area contributed by atoms with Crippen LogP contribution in [0, 0.1) is 13.8 Å². The van der Waals surface area contributed by atoms with E-state index in [9.17, 15) is 9.59 Å². The summed E-state index contributed by atoms with van der Waals surface area (Å²) in [5.41, 5.74) is 3.69. The second kappa shape index (κ2) is 9.16. The van der Waals surface area contributed by atoms with Crippen LogP contribution in [0.5, 0.6) is 11.5 Å². The van der Waals surface area contributed by atoms with Gasteiger partial charge in [-0.15, -0.1) is 0 Å². The number of carbonyl (C=O) groups is 2. The lowest BCUT2D eigenvalue weighted by molar-refractivity contribution is -0.113. The van der Waals surface area contributed by atoms with Gasteiger partial charge in [-0.25, -0.2) is 0 Å². The molecule has 0 bridgehead atoms. The number of amides is 2. The summed E-state index contributed by atoms with van der Waals surface area (Å²) in [6.07, 6.45) is 1.58. The van der Waals surface area contributed by atoms with Crippen molar-refractivity contribution in [1.29, 1.82) is 0 Å². The molecule has 0 aromatic heterocycles. The van der Waals surface area contributed by atoms with Crippen molar-refractivity contribution in [2.45, 2.75) is 13.8 Å². The molecule has 1 aliphatic heterocycles. The molecular weight excluding hydrogens is 428 g/mol. The number of ether oxygens (including phenoxy) is 2. The molecule has 7 heteroatoms. The number of hydrogen-bond donors (Lipinski definition) is 2. The molecular formula is C25H21ClN2O4. The molecule has 2 N–H and O–H groups in total. The van der Waals surface area contributed by atoms with Gasteiger partial charge in [-0.2, -0.15) is 0 Å². The number of halogens is 1. The molecule has 0 spiro atoms. The van der Waals surface area contributed by atoms with E-state index in [1.807, 2.05) is 19.9 Å². The third kappa shape index (κ3) is 4.76. The van der Waals surface area contributed by atoms with E-state index < -0.39 is 11.8 Å². The standard InChI is InChI=1S/C25H21ClN2O4/c1-15-7-9-18(11-16(15)2)24(29)28-21(25(30)27-20-6-4-3-5-19(20)26)12-17-8-10-22-23(13-17)32-14-31-22/h3-13H,14H2,1-2H3,(H,27,30)(H,28,29). The average molecular weight is 449 g/mol. The Morgan fingerprint density at radius 1 is 0.938 bits per heavy atom. The summed E-state index contributed by atoms with van der Waals surface area (Å²) in [5.74, 6) is 0.302. The molecule has 0 unspecified atom stereocenters. The van der Waals surface area contributed by atoms with Crippen LogP contribution in [0.2, 0.25) is 5.02 Å². The number of para-hydroxylation sites is 1. The lowest BCUT2D eigenvalue weighted by Gasteiger charge is -2.13. The van der Waals surface area contributed by atoms with E-state index in [4.69, 9.17) is 21.1 Å². The summed E-state index contributed by atoms with van der Waals surface area (Å²) in [4.78, 5) is 26.0. The van der Waals surface area contributed by atoms with Crippen LogP contribution in [-0.2, 0) is 4.79 Å². The van der Waals surface area contributed by atoms with Gasteiger partial charge in [0.1, 0.15) is 5.70 Å². The zero-order valence-corrected chi connectivity index (χ0v) is 18.3. The average Bonchev–Trinajstić information content (AvgIpc) is 3.24. The number of fused-ring (bicyclic) bond motifs is 1. The summed E-state index contributed by atoms with van der Waals surface area (Å²) >= 11 is 6.18. The summed E-state index contributed by atoms with van der Waals surface area (Å²) in [6.45, 7) is 4.05. The van der Waals surface area contributed by atoms with Crippen LogP contribution in [-0.4, -0.2) is 18.6 Å². The maximum atomic E-state index is 13.1. The molecule has 32 heavy (non-hydrogen) atoms. The number of nitrogens with one attached hydrogen (secondary N) is 2. The highest BCUT2D eigenvalue weighted by Gasteiger charge is 2.18. The topological polar surface area (TPSA) is 76.7 Å². The zero-order valence-electron chi connectivity index (χ0n) is 17.6. The Bertz CT molecular complexity index is 1240. The first-order valence-electron chi connectivity index (χ1n) is 9.96. The van der Waals surface area contributed by atoms with Gasteiger partial charge in [0.2, 0.25) is 6.79 Å². The number of hydrogen-bond acceptors (Lipinski definition) is 4. The van der Waals surface area contributed by atoms with E-state index in [-0.39, 0.29) is 12.5 Å². The van der Waals surface area contributed by atoms with Crippen molar-refractivity contribution < 1.29 is 19.1 Å². The first-order chi connectivity index (χ1) is 15.4. The third-order valence-electron chi connectivity index (χ3n) is 5.09. The SMILES string of the molecule is Cc1ccc(C(=O)NC(=Cc2ccc3c(c2)OCO3)C(=O)Nc2ccccc2Cl)cc1C. The fourth-order valence-electron chi connectivity index (χ4n) is 3.16. The number of carbonyl (C=O) groups excluding carboxylic acids is 2. The smallest absolute Gasteiger partial charge is 0.272 e. The van der Waals surface area contributed by atoms with Crippen molar-refractivity contribution in [2.24, 2.45) is 0 Å². The minimum Gasteiger partial charge on any atom is -0.454 e. The number of benzene rings is 3. The minimum atomic E-state index is -0.507. The van der Waals surface area contributed by atoms with Crippen LogP contribution in [0.25, 0.3) is 6.08 Å². The minimum absolute atomic E-state index is 0.0620. The Balaban J connectivity index is 1.65. The quantitative estimate of drug-likeness (QED) is 0.533. The van der Waals surface area contributed by atoms with E-state index >= 15 is 0 Å². The van der Waals surface area contributed by atoms with Crippen LogP contribution in [0.3, 0.4) is 0 Å². The predicted octanol–water partition coefficient (Wildman–Crippen LogP) is 5.10. The van der Waals surface area contributed by atoms with Crippen molar-refractivity contribution in [3.8, 4) is 11.5 Å². The van der Waals surface area contributed by atoms with Gasteiger partial charge in [-0.1, -0.05) is 35.9 Å². The van der Waals surface area contributed by atoms with E-state index in [1.165, 1.54) is 0 Å². The lowest BCUT2D eigenvalue weighted by atomic mass is 10.1. The Morgan fingerprint density at radius 2 is 1.72 bits per heavy atom. The van der Waals surface area contributed by atoms with Crippen LogP contribution in [0.4, 0.5) is 5.69 Å². The second-order valence-electron chi connectivity index (χ2n) is 7.36. The maximum Gasteiger partial charge on any atom is 0.272 e. The lowest BCUT2D eigenvalue weighted by Crippen LogP contribution is -2.30. The molecule has 3 aromatic rings. The Kier molecular flexibility index (Phi) is 6.14. The zero-order chi connectivity index (χ0) is 22.7. The molecule has 162 valence electrons. The third-order valence-corrected chi connectivity index (χ3v) is 5.42. The largest absolute Gasteiger partial charge is 0.454 e. The van der Waals surface area contributed by atoms with Crippen LogP contribution < -0.4 is 20.1 Å². The van der Waals surface area contributed by atoms with Crippen molar-refractivity contribution in [1.82, 2.24) is 5.32 Å². The molecule has 0 saturated heterocycles. The first kappa shape index (κ1) is 21.5. The van der Waals surface area contributed by atoms with Crippen molar-refractivity contribution in [3.05, 3.63) is 93.6 Å². The molecule has 0 fully saturated rings. The Morgan fingerprint density at radius 3 is 2.50 bits per heavy atom. The second-order valence-corrected chi connectivity index (χ2v) is 7.77. The number of aryl methyl sites for hydroxylation is 2. The highest BCUT2D eigenvalue weighted by Crippen LogP contribution is 2.33. The van der Waals surface area contributed by atoms with E-state index in [0.717, 1.165) is 11.1 Å². The van der Waals surface area contributed by atoms with Crippen LogP contribution >= 0.6 is 11.6 Å². The normalized spacial score (nSPS) is 12.4. The molecule has 1 aliphatic rings.